The van der Waals surface area contributed by atoms with Crippen LogP contribution in [0.1, 0.15) is 51.9 Å². The highest BCUT2D eigenvalue weighted by atomic mass is 15.1. The summed E-state index contributed by atoms with van der Waals surface area (Å²) in [7, 11) is 4.33. The highest BCUT2D eigenvalue weighted by molar-refractivity contribution is 5.12. The van der Waals surface area contributed by atoms with Gasteiger partial charge in [-0.05, 0) is 65.7 Å². The van der Waals surface area contributed by atoms with Gasteiger partial charge < -0.3 is 10.2 Å². The third kappa shape index (κ3) is 6.23. The summed E-state index contributed by atoms with van der Waals surface area (Å²) in [4.78, 5) is 2.29. The van der Waals surface area contributed by atoms with Crippen molar-refractivity contribution in [3.63, 3.8) is 0 Å². The van der Waals surface area contributed by atoms with Gasteiger partial charge in [0.1, 0.15) is 0 Å². The molecule has 100 valence electrons. The van der Waals surface area contributed by atoms with Crippen LogP contribution in [0.2, 0.25) is 0 Å². The molecular weight excluding hydrogens is 208 g/mol. The van der Waals surface area contributed by atoms with Crippen LogP contribution in [0.3, 0.4) is 0 Å². The van der Waals surface area contributed by atoms with Crippen molar-refractivity contribution in [3.8, 4) is 0 Å². The molecule has 0 bridgehead atoms. The summed E-state index contributed by atoms with van der Waals surface area (Å²) in [6.45, 7) is 4.58. The van der Waals surface area contributed by atoms with Gasteiger partial charge in [-0.1, -0.05) is 25.0 Å². The molecule has 0 spiro atoms. The smallest absolute Gasteiger partial charge is 0.0291 e. The SMILES string of the molecule is CCCNC(CCN(C)C)C1=CCCCCC1. The van der Waals surface area contributed by atoms with Gasteiger partial charge >= 0.3 is 0 Å². The predicted octanol–water partition coefficient (Wildman–Crippen LogP) is 3.20. The molecule has 2 heteroatoms. The van der Waals surface area contributed by atoms with E-state index in [-0.39, 0.29) is 0 Å². The van der Waals surface area contributed by atoms with Gasteiger partial charge in [-0.3, -0.25) is 0 Å². The molecule has 1 aliphatic rings. The second kappa shape index (κ2) is 8.71. The Balaban J connectivity index is 2.49. The van der Waals surface area contributed by atoms with E-state index < -0.39 is 0 Å². The number of rotatable bonds is 7. The summed E-state index contributed by atoms with van der Waals surface area (Å²) in [6, 6.07) is 0.621. The van der Waals surface area contributed by atoms with Gasteiger partial charge in [-0.25, -0.2) is 0 Å². The molecule has 0 aliphatic heterocycles. The number of allylic oxidation sites excluding steroid dienone is 1. The van der Waals surface area contributed by atoms with Gasteiger partial charge in [0.15, 0.2) is 0 Å². The highest BCUT2D eigenvalue weighted by Gasteiger charge is 2.14. The van der Waals surface area contributed by atoms with Crippen molar-refractivity contribution in [2.75, 3.05) is 27.2 Å². The Kier molecular flexibility index (Phi) is 7.54. The molecule has 17 heavy (non-hydrogen) atoms. The third-order valence-corrected chi connectivity index (χ3v) is 3.53. The summed E-state index contributed by atoms with van der Waals surface area (Å²) in [5.74, 6) is 0. The van der Waals surface area contributed by atoms with E-state index in [0.29, 0.717) is 6.04 Å². The Hall–Kier alpha value is -0.340. The topological polar surface area (TPSA) is 15.3 Å². The molecule has 1 unspecified atom stereocenters. The molecule has 0 saturated carbocycles. The second-order valence-corrected chi connectivity index (χ2v) is 5.48. The summed E-state index contributed by atoms with van der Waals surface area (Å²) < 4.78 is 0. The molecule has 1 rings (SSSR count). The van der Waals surface area contributed by atoms with Gasteiger partial charge in [0.05, 0.1) is 0 Å². The molecule has 2 nitrogen and oxygen atoms in total. The minimum atomic E-state index is 0.621. The first-order valence-corrected chi connectivity index (χ1v) is 7.31. The van der Waals surface area contributed by atoms with Crippen LogP contribution in [-0.4, -0.2) is 38.1 Å². The van der Waals surface area contributed by atoms with Crippen molar-refractivity contribution in [2.24, 2.45) is 0 Å². The van der Waals surface area contributed by atoms with Gasteiger partial charge in [0.2, 0.25) is 0 Å². The Bertz CT molecular complexity index is 221. The summed E-state index contributed by atoms with van der Waals surface area (Å²) in [5, 5.41) is 3.73. The first kappa shape index (κ1) is 14.7. The van der Waals surface area contributed by atoms with Crippen LogP contribution < -0.4 is 5.32 Å². The fourth-order valence-corrected chi connectivity index (χ4v) is 2.48. The van der Waals surface area contributed by atoms with Crippen LogP contribution in [0.15, 0.2) is 11.6 Å². The van der Waals surface area contributed by atoms with Crippen molar-refractivity contribution in [3.05, 3.63) is 11.6 Å². The molecule has 1 N–H and O–H groups in total. The molecule has 0 aromatic heterocycles. The average molecular weight is 238 g/mol. The quantitative estimate of drug-likeness (QED) is 0.685. The van der Waals surface area contributed by atoms with E-state index in [1.165, 1.54) is 51.5 Å². The van der Waals surface area contributed by atoms with Crippen LogP contribution in [0.25, 0.3) is 0 Å². The van der Waals surface area contributed by atoms with Crippen LogP contribution in [0, 0.1) is 0 Å². The van der Waals surface area contributed by atoms with E-state index in [1.54, 1.807) is 5.57 Å². The van der Waals surface area contributed by atoms with Gasteiger partial charge in [-0.15, -0.1) is 0 Å². The fraction of sp³-hybridized carbons (Fsp3) is 0.867. The molecular formula is C15H30N2. The minimum absolute atomic E-state index is 0.621. The summed E-state index contributed by atoms with van der Waals surface area (Å²) in [6.07, 6.45) is 11.8. The van der Waals surface area contributed by atoms with Crippen molar-refractivity contribution in [1.29, 1.82) is 0 Å². The zero-order chi connectivity index (χ0) is 12.5. The lowest BCUT2D eigenvalue weighted by molar-refractivity contribution is 0.369. The molecule has 0 aromatic carbocycles. The van der Waals surface area contributed by atoms with E-state index in [4.69, 9.17) is 0 Å². The molecule has 0 radical (unpaired) electrons. The van der Waals surface area contributed by atoms with Crippen molar-refractivity contribution < 1.29 is 0 Å². The standard InChI is InChI=1S/C15H30N2/c1-4-12-16-15(11-13-17(2)3)14-9-7-5-6-8-10-14/h9,15-16H,4-8,10-13H2,1-3H3. The average Bonchev–Trinajstić information content (AvgIpc) is 2.57. The largest absolute Gasteiger partial charge is 0.310 e. The fourth-order valence-electron chi connectivity index (χ4n) is 2.48. The maximum absolute atomic E-state index is 3.73. The van der Waals surface area contributed by atoms with Crippen molar-refractivity contribution in [2.45, 2.75) is 57.9 Å². The third-order valence-electron chi connectivity index (χ3n) is 3.53. The van der Waals surface area contributed by atoms with Crippen LogP contribution >= 0.6 is 0 Å². The maximum atomic E-state index is 3.73. The highest BCUT2D eigenvalue weighted by Crippen LogP contribution is 2.21. The lowest BCUT2D eigenvalue weighted by atomic mass is 9.99. The summed E-state index contributed by atoms with van der Waals surface area (Å²) in [5.41, 5.74) is 1.68. The number of hydrogen-bond acceptors (Lipinski definition) is 2. The Morgan fingerprint density at radius 1 is 1.29 bits per heavy atom. The normalized spacial score (nSPS) is 18.9. The van der Waals surface area contributed by atoms with Crippen LogP contribution in [0.4, 0.5) is 0 Å². The maximum Gasteiger partial charge on any atom is 0.0291 e. The lowest BCUT2D eigenvalue weighted by Gasteiger charge is -2.23. The Labute approximate surface area is 107 Å². The molecule has 1 aliphatic carbocycles. The van der Waals surface area contributed by atoms with E-state index in [2.05, 4.69) is 37.3 Å². The van der Waals surface area contributed by atoms with Gasteiger partial charge in [0, 0.05) is 6.04 Å². The van der Waals surface area contributed by atoms with Crippen molar-refractivity contribution in [1.82, 2.24) is 10.2 Å². The monoisotopic (exact) mass is 238 g/mol. The second-order valence-electron chi connectivity index (χ2n) is 5.48. The zero-order valence-corrected chi connectivity index (χ0v) is 12.0. The first-order chi connectivity index (χ1) is 8.24. The van der Waals surface area contributed by atoms with E-state index in [9.17, 15) is 0 Å². The van der Waals surface area contributed by atoms with E-state index >= 15 is 0 Å². The summed E-state index contributed by atoms with van der Waals surface area (Å²) >= 11 is 0. The molecule has 0 saturated heterocycles. The minimum Gasteiger partial charge on any atom is -0.310 e. The lowest BCUT2D eigenvalue weighted by Crippen LogP contribution is -2.34. The van der Waals surface area contributed by atoms with Crippen molar-refractivity contribution >= 4 is 0 Å². The molecule has 0 aromatic rings. The number of hydrogen-bond donors (Lipinski definition) is 1. The Morgan fingerprint density at radius 2 is 2.12 bits per heavy atom. The Morgan fingerprint density at radius 3 is 2.82 bits per heavy atom. The van der Waals surface area contributed by atoms with Gasteiger partial charge in [0.25, 0.3) is 0 Å². The van der Waals surface area contributed by atoms with Crippen LogP contribution in [0.5, 0.6) is 0 Å². The van der Waals surface area contributed by atoms with Gasteiger partial charge in [-0.2, -0.15) is 0 Å². The predicted molar refractivity (Wildman–Crippen MR) is 76.4 cm³/mol. The zero-order valence-electron chi connectivity index (χ0n) is 12.0. The molecule has 0 amide bonds. The van der Waals surface area contributed by atoms with E-state index in [0.717, 1.165) is 6.54 Å². The van der Waals surface area contributed by atoms with E-state index in [1.807, 2.05) is 0 Å². The first-order valence-electron chi connectivity index (χ1n) is 7.31. The molecule has 1 atom stereocenters. The molecule has 0 fully saturated rings. The number of nitrogens with zero attached hydrogens (tertiary/aromatic N) is 1. The number of nitrogens with one attached hydrogen (secondary N) is 1. The molecule has 0 heterocycles. The van der Waals surface area contributed by atoms with Crippen LogP contribution in [-0.2, 0) is 0 Å².